The smallest absolute Gasteiger partial charge is 0.462 e. The lowest BCUT2D eigenvalue weighted by atomic mass is 10.1. The fraction of sp³-hybridized carbons (Fsp3) is 0.802. The molecule has 0 aromatic carbocycles. The van der Waals surface area contributed by atoms with E-state index >= 15 is 0 Å². The summed E-state index contributed by atoms with van der Waals surface area (Å²) in [6.45, 7) is 4.82. The lowest BCUT2D eigenvalue weighted by Gasteiger charge is -2.21. The number of esters is 4. The molecular weight excluding hydrogens is 1310 g/mol. The highest BCUT2D eigenvalue weighted by Gasteiger charge is 2.30. The van der Waals surface area contributed by atoms with Gasteiger partial charge in [-0.15, -0.1) is 0 Å². The molecule has 582 valence electrons. The lowest BCUT2D eigenvalue weighted by Crippen LogP contribution is -2.30. The third-order valence-electron chi connectivity index (χ3n) is 17.1. The molecule has 0 radical (unpaired) electrons. The first-order chi connectivity index (χ1) is 48.7. The number of carbonyl (C=O) groups excluding carboxylic acids is 4. The van der Waals surface area contributed by atoms with E-state index in [1.807, 2.05) is 0 Å². The Balaban J connectivity index is 5.34. The second-order valence-corrected chi connectivity index (χ2v) is 29.9. The van der Waals surface area contributed by atoms with Crippen LogP contribution in [-0.2, 0) is 65.4 Å². The average molecular weight is 1450 g/mol. The molecule has 5 unspecified atom stereocenters. The number of phosphoric ester groups is 2. The SMILES string of the molecule is CCCCC/C=C\C/C=C\C/C=C\CCCCCCCCC(=O)OCC(COP(=O)(O)OCC(O)COP(=O)(O)OCC(COC(=O)CCCCCCC/C=C\CCCCCC)OC(=O)CCCCCCC/C=C\CCCCCC)OC(=O)CCCCCCC/C=C\CCCCCCCC. The lowest BCUT2D eigenvalue weighted by molar-refractivity contribution is -0.161. The molecule has 0 saturated heterocycles. The molecule has 0 aliphatic carbocycles. The zero-order valence-corrected chi connectivity index (χ0v) is 65.4. The van der Waals surface area contributed by atoms with Crippen LogP contribution in [0.5, 0.6) is 0 Å². The number of phosphoric acid groups is 2. The van der Waals surface area contributed by atoms with Gasteiger partial charge < -0.3 is 33.8 Å². The molecule has 0 aromatic heterocycles. The molecule has 0 amide bonds. The Kier molecular flexibility index (Phi) is 71.2. The van der Waals surface area contributed by atoms with Crippen LogP contribution in [0.15, 0.2) is 72.9 Å². The van der Waals surface area contributed by atoms with Gasteiger partial charge in [0.05, 0.1) is 26.4 Å². The first-order valence-corrected chi connectivity index (χ1v) is 43.2. The summed E-state index contributed by atoms with van der Waals surface area (Å²) in [5.74, 6) is -2.19. The molecule has 0 aliphatic rings. The van der Waals surface area contributed by atoms with Gasteiger partial charge in [0.2, 0.25) is 0 Å². The molecule has 100 heavy (non-hydrogen) atoms. The van der Waals surface area contributed by atoms with E-state index in [4.69, 9.17) is 37.0 Å². The van der Waals surface area contributed by atoms with Gasteiger partial charge >= 0.3 is 39.5 Å². The first kappa shape index (κ1) is 96.5. The predicted octanol–water partition coefficient (Wildman–Crippen LogP) is 23.2. The Morgan fingerprint density at radius 1 is 0.280 bits per heavy atom. The minimum absolute atomic E-state index is 0.0844. The number of unbranched alkanes of at least 4 members (excludes halogenated alkanes) is 38. The van der Waals surface area contributed by atoms with E-state index in [-0.39, 0.29) is 25.7 Å². The van der Waals surface area contributed by atoms with Gasteiger partial charge in [-0.05, 0) is 141 Å². The zero-order chi connectivity index (χ0) is 73.2. The molecule has 0 saturated carbocycles. The minimum atomic E-state index is -4.98. The van der Waals surface area contributed by atoms with Crippen molar-refractivity contribution in [3.8, 4) is 0 Å². The number of aliphatic hydroxyl groups excluding tert-OH is 1. The number of ether oxygens (including phenoxy) is 4. The maximum Gasteiger partial charge on any atom is 0.472 e. The van der Waals surface area contributed by atoms with Crippen LogP contribution < -0.4 is 0 Å². The second-order valence-electron chi connectivity index (χ2n) is 27.0. The van der Waals surface area contributed by atoms with Gasteiger partial charge in [-0.25, -0.2) is 9.13 Å². The predicted molar refractivity (Wildman–Crippen MR) is 409 cm³/mol. The largest absolute Gasteiger partial charge is 0.472 e. The minimum Gasteiger partial charge on any atom is -0.462 e. The van der Waals surface area contributed by atoms with Crippen molar-refractivity contribution in [3.05, 3.63) is 72.9 Å². The van der Waals surface area contributed by atoms with Crippen molar-refractivity contribution >= 4 is 39.5 Å². The fourth-order valence-corrected chi connectivity index (χ4v) is 12.5. The number of allylic oxidation sites excluding steroid dienone is 12. The average Bonchev–Trinajstić information content (AvgIpc) is 0.946. The normalized spacial score (nSPS) is 14.3. The summed E-state index contributed by atoms with van der Waals surface area (Å²) in [6.07, 6.45) is 74.5. The van der Waals surface area contributed by atoms with Crippen molar-refractivity contribution in [2.24, 2.45) is 0 Å². The van der Waals surface area contributed by atoms with Crippen molar-refractivity contribution < 1.29 is 80.2 Å². The van der Waals surface area contributed by atoms with Crippen LogP contribution in [0, 0.1) is 0 Å². The highest BCUT2D eigenvalue weighted by molar-refractivity contribution is 7.47. The Labute approximate surface area is 609 Å². The number of hydrogen-bond acceptors (Lipinski definition) is 15. The van der Waals surface area contributed by atoms with Gasteiger partial charge in [0.25, 0.3) is 0 Å². The van der Waals surface area contributed by atoms with Crippen LogP contribution in [0.25, 0.3) is 0 Å². The molecule has 0 aliphatic heterocycles. The van der Waals surface area contributed by atoms with Gasteiger partial charge in [0.15, 0.2) is 12.2 Å². The number of aliphatic hydroxyl groups is 1. The maximum atomic E-state index is 13.1. The van der Waals surface area contributed by atoms with Crippen LogP contribution in [0.4, 0.5) is 0 Å². The molecular formula is C81H146O17P2. The summed E-state index contributed by atoms with van der Waals surface area (Å²) < 4.78 is 68.6. The Bertz CT molecular complexity index is 2180. The topological polar surface area (TPSA) is 237 Å². The first-order valence-electron chi connectivity index (χ1n) is 40.2. The molecule has 19 heteroatoms. The Morgan fingerprint density at radius 2 is 0.490 bits per heavy atom. The number of carbonyl (C=O) groups is 4. The third-order valence-corrected chi connectivity index (χ3v) is 19.0. The summed E-state index contributed by atoms with van der Waals surface area (Å²) in [5, 5.41) is 10.6. The third kappa shape index (κ3) is 72.8. The van der Waals surface area contributed by atoms with Crippen molar-refractivity contribution in [2.75, 3.05) is 39.6 Å². The highest BCUT2D eigenvalue weighted by Crippen LogP contribution is 2.45. The summed E-state index contributed by atoms with van der Waals surface area (Å²) in [6, 6.07) is 0. The van der Waals surface area contributed by atoms with Gasteiger partial charge in [-0.1, -0.05) is 268 Å². The molecule has 0 fully saturated rings. The Hall–Kier alpha value is -3.50. The zero-order valence-electron chi connectivity index (χ0n) is 63.6. The van der Waals surface area contributed by atoms with E-state index in [1.54, 1.807) is 0 Å². The second kappa shape index (κ2) is 73.8. The van der Waals surface area contributed by atoms with Gasteiger partial charge in [0.1, 0.15) is 19.3 Å². The fourth-order valence-electron chi connectivity index (χ4n) is 10.9. The Morgan fingerprint density at radius 3 is 0.790 bits per heavy atom. The van der Waals surface area contributed by atoms with Crippen LogP contribution in [-0.4, -0.2) is 96.7 Å². The number of rotatable bonds is 76. The molecule has 0 rings (SSSR count). The highest BCUT2D eigenvalue weighted by atomic mass is 31.2. The van der Waals surface area contributed by atoms with Gasteiger partial charge in [-0.2, -0.15) is 0 Å². The number of hydrogen-bond donors (Lipinski definition) is 3. The summed E-state index contributed by atoms with van der Waals surface area (Å²) in [4.78, 5) is 72.9. The summed E-state index contributed by atoms with van der Waals surface area (Å²) >= 11 is 0. The molecule has 0 heterocycles. The molecule has 3 N–H and O–H groups in total. The molecule has 17 nitrogen and oxygen atoms in total. The quantitative estimate of drug-likeness (QED) is 0.0169. The standard InChI is InChI=1S/C81H146O17P2/c1-5-9-13-17-21-25-29-33-35-36-37-38-40-43-46-50-54-58-62-66-79(84)92-72-77(98-81(86)68-64-60-56-52-48-44-39-34-30-26-22-18-14-10-6-2)74-96-100(89,90)94-70-75(82)69-93-99(87,88)95-73-76(97-80(85)67-63-59-55-51-47-42-32-28-24-20-16-12-8-4)71-91-78(83)65-61-57-53-49-45-41-31-27-23-19-15-11-7-3/h21,25,27-28,31-35,37-39,75-77,82H,5-20,22-24,26,29-30,36,40-74H2,1-4H3,(H,87,88)(H,89,90)/b25-21-,31-27-,32-28-,35-33-,38-37-,39-34-. The van der Waals surface area contributed by atoms with Crippen LogP contribution in [0.3, 0.4) is 0 Å². The van der Waals surface area contributed by atoms with E-state index < -0.39 is 97.5 Å². The van der Waals surface area contributed by atoms with Crippen LogP contribution in [0.1, 0.15) is 362 Å². The van der Waals surface area contributed by atoms with Crippen molar-refractivity contribution in [1.29, 1.82) is 0 Å². The van der Waals surface area contributed by atoms with Crippen molar-refractivity contribution in [3.63, 3.8) is 0 Å². The van der Waals surface area contributed by atoms with E-state index in [0.29, 0.717) is 25.7 Å². The van der Waals surface area contributed by atoms with Gasteiger partial charge in [0, 0.05) is 25.7 Å². The maximum absolute atomic E-state index is 13.1. The van der Waals surface area contributed by atoms with Crippen LogP contribution in [0.2, 0.25) is 0 Å². The monoisotopic (exact) mass is 1450 g/mol. The van der Waals surface area contributed by atoms with Crippen molar-refractivity contribution in [2.45, 2.75) is 380 Å². The van der Waals surface area contributed by atoms with Crippen molar-refractivity contribution in [1.82, 2.24) is 0 Å². The molecule has 0 aromatic rings. The van der Waals surface area contributed by atoms with Gasteiger partial charge in [-0.3, -0.25) is 37.3 Å². The van der Waals surface area contributed by atoms with E-state index in [1.165, 1.54) is 109 Å². The summed E-state index contributed by atoms with van der Waals surface area (Å²) in [7, 11) is -9.95. The molecule has 0 bridgehead atoms. The molecule has 0 spiro atoms. The summed E-state index contributed by atoms with van der Waals surface area (Å²) in [5.41, 5.74) is 0. The van der Waals surface area contributed by atoms with E-state index in [0.717, 1.165) is 173 Å². The van der Waals surface area contributed by atoms with Crippen LogP contribution >= 0.6 is 15.6 Å². The van der Waals surface area contributed by atoms with E-state index in [2.05, 4.69) is 101 Å². The molecule has 5 atom stereocenters. The van der Waals surface area contributed by atoms with E-state index in [9.17, 15) is 43.2 Å².